The number of anilines is 1. The van der Waals surface area contributed by atoms with Crippen LogP contribution in [0, 0.1) is 0 Å². The van der Waals surface area contributed by atoms with E-state index < -0.39 is 0 Å². The van der Waals surface area contributed by atoms with Gasteiger partial charge in [-0.2, -0.15) is 5.10 Å². The first kappa shape index (κ1) is 14.1. The minimum absolute atomic E-state index is 0.509. The van der Waals surface area contributed by atoms with Gasteiger partial charge in [-0.25, -0.2) is 4.68 Å². The molecular weight excluding hydrogens is 256 g/mol. The maximum absolute atomic E-state index is 5.28. The molecule has 1 aromatic rings. The summed E-state index contributed by atoms with van der Waals surface area (Å²) >= 11 is 5.28. The Bertz CT molecular complexity index is 446. The van der Waals surface area contributed by atoms with E-state index in [0.717, 1.165) is 11.4 Å². The van der Waals surface area contributed by atoms with Crippen molar-refractivity contribution >= 4 is 23.1 Å². The Morgan fingerprint density at radius 3 is 2.89 bits per heavy atom. The van der Waals surface area contributed by atoms with Crippen molar-refractivity contribution in [2.24, 2.45) is 0 Å². The molecule has 1 aliphatic rings. The smallest absolute Gasteiger partial charge is 0.172 e. The third kappa shape index (κ3) is 4.06. The van der Waals surface area contributed by atoms with Crippen LogP contribution < -0.4 is 10.6 Å². The van der Waals surface area contributed by atoms with Crippen molar-refractivity contribution in [3.8, 4) is 0 Å². The Labute approximate surface area is 120 Å². The van der Waals surface area contributed by atoms with Crippen LogP contribution in [0.3, 0.4) is 0 Å². The first-order valence-electron chi connectivity index (χ1n) is 6.89. The van der Waals surface area contributed by atoms with E-state index in [4.69, 9.17) is 12.2 Å². The highest BCUT2D eigenvalue weighted by Gasteiger charge is 2.18. The lowest BCUT2D eigenvalue weighted by Gasteiger charge is -2.24. The summed E-state index contributed by atoms with van der Waals surface area (Å²) in [6.07, 6.45) is 8.19. The van der Waals surface area contributed by atoms with Gasteiger partial charge in [0.15, 0.2) is 5.11 Å². The second-order valence-electron chi connectivity index (χ2n) is 5.22. The molecule has 0 unspecified atom stereocenters. The van der Waals surface area contributed by atoms with Crippen LogP contribution in [0.1, 0.15) is 45.1 Å². The van der Waals surface area contributed by atoms with Crippen molar-refractivity contribution in [3.63, 3.8) is 0 Å². The minimum atomic E-state index is 0.509. The average molecular weight is 278 g/mol. The van der Waals surface area contributed by atoms with Gasteiger partial charge >= 0.3 is 0 Å². The molecule has 0 aromatic carbocycles. The first-order valence-corrected chi connectivity index (χ1v) is 7.30. The lowest BCUT2D eigenvalue weighted by Crippen LogP contribution is -2.31. The summed E-state index contributed by atoms with van der Waals surface area (Å²) in [4.78, 5) is 0. The summed E-state index contributed by atoms with van der Waals surface area (Å²) in [7, 11) is 0. The van der Waals surface area contributed by atoms with Crippen molar-refractivity contribution in [1.29, 1.82) is 0 Å². The van der Waals surface area contributed by atoms with E-state index >= 15 is 0 Å². The van der Waals surface area contributed by atoms with Crippen LogP contribution in [0.4, 0.5) is 5.82 Å². The fraction of sp³-hybridized carbons (Fsp3) is 0.571. The lowest BCUT2D eigenvalue weighted by molar-refractivity contribution is 0.333. The molecule has 0 radical (unpaired) electrons. The van der Waals surface area contributed by atoms with Gasteiger partial charge in [0.2, 0.25) is 0 Å². The fourth-order valence-corrected chi connectivity index (χ4v) is 2.60. The third-order valence-corrected chi connectivity index (χ3v) is 3.63. The van der Waals surface area contributed by atoms with E-state index in [2.05, 4.69) is 27.0 Å². The Hall–Kier alpha value is -1.36. The summed E-state index contributed by atoms with van der Waals surface area (Å²) in [6.45, 7) is 6.52. The molecule has 0 saturated heterocycles. The van der Waals surface area contributed by atoms with Gasteiger partial charge in [-0.1, -0.05) is 31.4 Å². The van der Waals surface area contributed by atoms with E-state index in [-0.39, 0.29) is 0 Å². The van der Waals surface area contributed by atoms with Gasteiger partial charge in [0.25, 0.3) is 0 Å². The van der Waals surface area contributed by atoms with Crippen LogP contribution in [0.15, 0.2) is 24.4 Å². The molecule has 0 atom stereocenters. The zero-order valence-electron chi connectivity index (χ0n) is 11.5. The normalized spacial score (nSPS) is 16.1. The van der Waals surface area contributed by atoms with Gasteiger partial charge in [0.1, 0.15) is 5.82 Å². The second-order valence-corrected chi connectivity index (χ2v) is 5.63. The molecule has 1 aromatic heterocycles. The molecule has 1 saturated carbocycles. The number of hydrogen-bond acceptors (Lipinski definition) is 2. The van der Waals surface area contributed by atoms with Crippen LogP contribution >= 0.6 is 12.2 Å². The third-order valence-electron chi connectivity index (χ3n) is 3.38. The van der Waals surface area contributed by atoms with Crippen LogP contribution in [0.2, 0.25) is 0 Å². The van der Waals surface area contributed by atoms with Gasteiger partial charge in [-0.3, -0.25) is 0 Å². The molecule has 4 nitrogen and oxygen atoms in total. The molecule has 2 rings (SSSR count). The Kier molecular flexibility index (Phi) is 4.96. The van der Waals surface area contributed by atoms with Crippen molar-refractivity contribution in [2.75, 3.05) is 11.9 Å². The molecule has 0 aliphatic heterocycles. The fourth-order valence-electron chi connectivity index (χ4n) is 2.42. The van der Waals surface area contributed by atoms with E-state index in [0.29, 0.717) is 17.7 Å². The maximum Gasteiger partial charge on any atom is 0.172 e. The topological polar surface area (TPSA) is 41.9 Å². The molecule has 0 bridgehead atoms. The Morgan fingerprint density at radius 1 is 1.47 bits per heavy atom. The predicted octanol–water partition coefficient (Wildman–Crippen LogP) is 3.25. The highest BCUT2D eigenvalue weighted by molar-refractivity contribution is 7.80. The van der Waals surface area contributed by atoms with Gasteiger partial charge < -0.3 is 10.6 Å². The standard InChI is InChI=1S/C14H22N4S/c1-11(2)10-15-14(19)17-13-8-9-16-18(13)12-6-4-3-5-7-12/h8-9,12H,1,3-7,10H2,2H3,(H2,15,17,19). The van der Waals surface area contributed by atoms with Gasteiger partial charge in [-0.15, -0.1) is 0 Å². The monoisotopic (exact) mass is 278 g/mol. The average Bonchev–Trinajstić information content (AvgIpc) is 2.85. The van der Waals surface area contributed by atoms with Gasteiger partial charge in [0, 0.05) is 12.6 Å². The number of nitrogens with one attached hydrogen (secondary N) is 2. The van der Waals surface area contributed by atoms with E-state index in [1.807, 2.05) is 19.2 Å². The molecule has 2 N–H and O–H groups in total. The highest BCUT2D eigenvalue weighted by Crippen LogP contribution is 2.29. The zero-order chi connectivity index (χ0) is 13.7. The highest BCUT2D eigenvalue weighted by atomic mass is 32.1. The van der Waals surface area contributed by atoms with Crippen LogP contribution in [0.5, 0.6) is 0 Å². The first-order chi connectivity index (χ1) is 9.16. The molecule has 104 valence electrons. The molecule has 1 heterocycles. The number of aromatic nitrogens is 2. The number of hydrogen-bond donors (Lipinski definition) is 2. The SMILES string of the molecule is C=C(C)CNC(=S)Nc1ccnn1C1CCCCC1. The molecule has 1 aliphatic carbocycles. The van der Waals surface area contributed by atoms with Crippen LogP contribution in [-0.2, 0) is 0 Å². The van der Waals surface area contributed by atoms with Gasteiger partial charge in [0.05, 0.1) is 12.2 Å². The molecule has 0 spiro atoms. The van der Waals surface area contributed by atoms with Crippen molar-refractivity contribution < 1.29 is 0 Å². The van der Waals surface area contributed by atoms with Crippen molar-refractivity contribution in [2.45, 2.75) is 45.1 Å². The van der Waals surface area contributed by atoms with E-state index in [9.17, 15) is 0 Å². The van der Waals surface area contributed by atoms with Crippen molar-refractivity contribution in [3.05, 3.63) is 24.4 Å². The second kappa shape index (κ2) is 6.70. The summed E-state index contributed by atoms with van der Waals surface area (Å²) < 4.78 is 2.08. The number of rotatable bonds is 4. The maximum atomic E-state index is 5.28. The summed E-state index contributed by atoms with van der Waals surface area (Å²) in [6, 6.07) is 2.48. The Morgan fingerprint density at radius 2 is 2.21 bits per heavy atom. The Balaban J connectivity index is 1.95. The summed E-state index contributed by atoms with van der Waals surface area (Å²) in [5.41, 5.74) is 1.06. The largest absolute Gasteiger partial charge is 0.359 e. The molecule has 5 heteroatoms. The lowest BCUT2D eigenvalue weighted by atomic mass is 9.96. The van der Waals surface area contributed by atoms with Gasteiger partial charge in [-0.05, 0) is 32.0 Å². The van der Waals surface area contributed by atoms with E-state index in [1.54, 1.807) is 0 Å². The van der Waals surface area contributed by atoms with Crippen molar-refractivity contribution in [1.82, 2.24) is 15.1 Å². The summed E-state index contributed by atoms with van der Waals surface area (Å²) in [5.74, 6) is 0.978. The molecule has 19 heavy (non-hydrogen) atoms. The molecule has 0 amide bonds. The van der Waals surface area contributed by atoms with Crippen LogP contribution in [-0.4, -0.2) is 21.4 Å². The quantitative estimate of drug-likeness (QED) is 0.655. The summed E-state index contributed by atoms with van der Waals surface area (Å²) in [5, 5.41) is 11.4. The predicted molar refractivity (Wildman–Crippen MR) is 83.4 cm³/mol. The zero-order valence-corrected chi connectivity index (χ0v) is 12.3. The number of nitrogens with zero attached hydrogens (tertiary/aromatic N) is 2. The minimum Gasteiger partial charge on any atom is -0.359 e. The molecule has 1 fully saturated rings. The van der Waals surface area contributed by atoms with E-state index in [1.165, 1.54) is 32.1 Å². The molecular formula is C14H22N4S. The van der Waals surface area contributed by atoms with Crippen LogP contribution in [0.25, 0.3) is 0 Å². The number of thiocarbonyl (C=S) groups is 1.